The van der Waals surface area contributed by atoms with E-state index >= 15 is 0 Å². The van der Waals surface area contributed by atoms with E-state index in [0.717, 1.165) is 29.4 Å². The number of nitrogens with zero attached hydrogens (tertiary/aromatic N) is 3. The second-order valence-electron chi connectivity index (χ2n) is 8.04. The summed E-state index contributed by atoms with van der Waals surface area (Å²) in [6.45, 7) is 13.3. The Bertz CT molecular complexity index is 954. The molecule has 0 amide bonds. The van der Waals surface area contributed by atoms with Crippen LogP contribution in [0.1, 0.15) is 56.1 Å². The first kappa shape index (κ1) is 19.8. The summed E-state index contributed by atoms with van der Waals surface area (Å²) >= 11 is 1.52. The van der Waals surface area contributed by atoms with Crippen LogP contribution in [0.25, 0.3) is 4.96 Å². The van der Waals surface area contributed by atoms with E-state index in [0.29, 0.717) is 18.4 Å². The molecular formula is C22H29N3OS. The Kier molecular flexibility index (Phi) is 6.12. The molecule has 1 aromatic carbocycles. The number of benzene rings is 1. The SMILES string of the molecule is Cc1csc2nc(CN(Cc3ccc(C(C)C)cc3)CC(C)C)cc(=O)n12. The minimum absolute atomic E-state index is 0.0135. The first-order valence-corrected chi connectivity index (χ1v) is 10.5. The van der Waals surface area contributed by atoms with Crippen LogP contribution in [-0.2, 0) is 13.1 Å². The fourth-order valence-corrected chi connectivity index (χ4v) is 4.27. The van der Waals surface area contributed by atoms with Gasteiger partial charge in [0, 0.05) is 36.8 Å². The summed E-state index contributed by atoms with van der Waals surface area (Å²) in [6.07, 6.45) is 0. The van der Waals surface area contributed by atoms with Gasteiger partial charge in [0.1, 0.15) is 0 Å². The quantitative estimate of drug-likeness (QED) is 0.585. The maximum absolute atomic E-state index is 12.5. The van der Waals surface area contributed by atoms with Crippen LogP contribution < -0.4 is 5.56 Å². The largest absolute Gasteiger partial charge is 0.293 e. The van der Waals surface area contributed by atoms with Crippen LogP contribution >= 0.6 is 11.3 Å². The van der Waals surface area contributed by atoms with Crippen molar-refractivity contribution in [3.05, 3.63) is 68.6 Å². The molecule has 0 radical (unpaired) electrons. The van der Waals surface area contributed by atoms with E-state index in [2.05, 4.69) is 56.9 Å². The summed E-state index contributed by atoms with van der Waals surface area (Å²) in [5, 5.41) is 1.98. The molecule has 144 valence electrons. The fraction of sp³-hybridized carbons (Fsp3) is 0.455. The average Bonchev–Trinajstić information content (AvgIpc) is 2.96. The molecule has 0 spiro atoms. The van der Waals surface area contributed by atoms with E-state index in [1.165, 1.54) is 22.5 Å². The smallest absolute Gasteiger partial charge is 0.259 e. The Morgan fingerprint density at radius 2 is 1.81 bits per heavy atom. The second-order valence-corrected chi connectivity index (χ2v) is 8.88. The highest BCUT2D eigenvalue weighted by Crippen LogP contribution is 2.18. The van der Waals surface area contributed by atoms with Crippen molar-refractivity contribution in [2.45, 2.75) is 53.6 Å². The molecule has 0 atom stereocenters. The zero-order valence-corrected chi connectivity index (χ0v) is 17.7. The van der Waals surface area contributed by atoms with Gasteiger partial charge in [-0.3, -0.25) is 14.1 Å². The molecule has 0 aliphatic heterocycles. The molecule has 27 heavy (non-hydrogen) atoms. The van der Waals surface area contributed by atoms with Gasteiger partial charge in [-0.1, -0.05) is 52.0 Å². The van der Waals surface area contributed by atoms with Crippen molar-refractivity contribution in [2.24, 2.45) is 5.92 Å². The lowest BCUT2D eigenvalue weighted by Gasteiger charge is -2.24. The maximum Gasteiger partial charge on any atom is 0.259 e. The first-order valence-electron chi connectivity index (χ1n) is 9.61. The molecule has 0 N–H and O–H groups in total. The van der Waals surface area contributed by atoms with Crippen molar-refractivity contribution >= 4 is 16.3 Å². The topological polar surface area (TPSA) is 37.6 Å². The maximum atomic E-state index is 12.5. The third-order valence-corrected chi connectivity index (χ3v) is 5.63. The summed E-state index contributed by atoms with van der Waals surface area (Å²) in [5.74, 6) is 1.10. The number of aryl methyl sites for hydroxylation is 1. The second kappa shape index (κ2) is 8.36. The number of hydrogen-bond donors (Lipinski definition) is 0. The molecule has 3 rings (SSSR count). The Hall–Kier alpha value is -1.98. The lowest BCUT2D eigenvalue weighted by atomic mass is 10.0. The predicted molar refractivity (Wildman–Crippen MR) is 114 cm³/mol. The summed E-state index contributed by atoms with van der Waals surface area (Å²) in [6, 6.07) is 10.6. The molecule has 0 saturated carbocycles. The third kappa shape index (κ3) is 4.85. The monoisotopic (exact) mass is 383 g/mol. The van der Waals surface area contributed by atoms with Crippen LogP contribution in [-0.4, -0.2) is 20.8 Å². The van der Waals surface area contributed by atoms with Crippen molar-refractivity contribution in [2.75, 3.05) is 6.54 Å². The van der Waals surface area contributed by atoms with E-state index in [-0.39, 0.29) is 5.56 Å². The van der Waals surface area contributed by atoms with Crippen LogP contribution in [0.4, 0.5) is 0 Å². The molecule has 3 aromatic rings. The molecule has 4 nitrogen and oxygen atoms in total. The molecule has 0 bridgehead atoms. The van der Waals surface area contributed by atoms with E-state index in [4.69, 9.17) is 4.98 Å². The number of fused-ring (bicyclic) bond motifs is 1. The van der Waals surface area contributed by atoms with Crippen LogP contribution in [0.5, 0.6) is 0 Å². The minimum Gasteiger partial charge on any atom is -0.293 e. The molecule has 0 aliphatic carbocycles. The molecule has 0 unspecified atom stereocenters. The molecule has 2 heterocycles. The summed E-state index contributed by atoms with van der Waals surface area (Å²) in [5.41, 5.74) is 4.47. The number of hydrogen-bond acceptors (Lipinski definition) is 4. The minimum atomic E-state index is 0.0135. The summed E-state index contributed by atoms with van der Waals surface area (Å²) in [7, 11) is 0. The van der Waals surface area contributed by atoms with Crippen LogP contribution in [0, 0.1) is 12.8 Å². The Morgan fingerprint density at radius 1 is 1.11 bits per heavy atom. The molecule has 2 aromatic heterocycles. The Balaban J connectivity index is 1.81. The predicted octanol–water partition coefficient (Wildman–Crippen LogP) is 4.85. The molecule has 5 heteroatoms. The number of thiazole rings is 1. The van der Waals surface area contributed by atoms with Crippen molar-refractivity contribution in [3.8, 4) is 0 Å². The zero-order valence-electron chi connectivity index (χ0n) is 16.9. The van der Waals surface area contributed by atoms with Crippen molar-refractivity contribution in [3.63, 3.8) is 0 Å². The van der Waals surface area contributed by atoms with Gasteiger partial charge in [-0.25, -0.2) is 4.98 Å². The van der Waals surface area contributed by atoms with Gasteiger partial charge < -0.3 is 0 Å². The zero-order chi connectivity index (χ0) is 19.6. The van der Waals surface area contributed by atoms with E-state index in [1.807, 2.05) is 12.3 Å². The van der Waals surface area contributed by atoms with Crippen molar-refractivity contribution in [1.82, 2.24) is 14.3 Å². The lowest BCUT2D eigenvalue weighted by Crippen LogP contribution is -2.28. The van der Waals surface area contributed by atoms with Gasteiger partial charge in [-0.2, -0.15) is 0 Å². The third-order valence-electron chi connectivity index (χ3n) is 4.69. The van der Waals surface area contributed by atoms with Gasteiger partial charge in [0.2, 0.25) is 0 Å². The number of aromatic nitrogens is 2. The standard InChI is InChI=1S/C22H29N3OS/c1-15(2)11-24(12-18-6-8-19(9-7-18)16(3)4)13-20-10-21(26)25-17(5)14-27-22(25)23-20/h6-10,14-16H,11-13H2,1-5H3. The van der Waals surface area contributed by atoms with E-state index in [1.54, 1.807) is 10.5 Å². The molecule has 0 aliphatic rings. The highest BCUT2D eigenvalue weighted by atomic mass is 32.1. The molecular weight excluding hydrogens is 354 g/mol. The van der Waals surface area contributed by atoms with Crippen LogP contribution in [0.2, 0.25) is 0 Å². The van der Waals surface area contributed by atoms with Crippen molar-refractivity contribution < 1.29 is 0 Å². The highest BCUT2D eigenvalue weighted by molar-refractivity contribution is 7.15. The Labute approximate surface area is 165 Å². The number of rotatable bonds is 7. The van der Waals surface area contributed by atoms with Gasteiger partial charge in [0.15, 0.2) is 4.96 Å². The highest BCUT2D eigenvalue weighted by Gasteiger charge is 2.13. The fourth-order valence-electron chi connectivity index (χ4n) is 3.38. The molecule has 0 fully saturated rings. The first-order chi connectivity index (χ1) is 12.8. The average molecular weight is 384 g/mol. The van der Waals surface area contributed by atoms with Gasteiger partial charge >= 0.3 is 0 Å². The Morgan fingerprint density at radius 3 is 2.44 bits per heavy atom. The normalized spacial score (nSPS) is 12.0. The van der Waals surface area contributed by atoms with Gasteiger partial charge in [0.25, 0.3) is 5.56 Å². The van der Waals surface area contributed by atoms with Gasteiger partial charge in [-0.05, 0) is 29.9 Å². The van der Waals surface area contributed by atoms with E-state index in [9.17, 15) is 4.79 Å². The molecule has 0 saturated heterocycles. The van der Waals surface area contributed by atoms with Gasteiger partial charge in [0.05, 0.1) is 5.69 Å². The summed E-state index contributed by atoms with van der Waals surface area (Å²) in [4.78, 5) is 20.3. The van der Waals surface area contributed by atoms with Crippen LogP contribution in [0.15, 0.2) is 40.5 Å². The summed E-state index contributed by atoms with van der Waals surface area (Å²) < 4.78 is 1.69. The van der Waals surface area contributed by atoms with Gasteiger partial charge in [-0.15, -0.1) is 11.3 Å². The van der Waals surface area contributed by atoms with Crippen molar-refractivity contribution in [1.29, 1.82) is 0 Å². The lowest BCUT2D eigenvalue weighted by molar-refractivity contribution is 0.225. The van der Waals surface area contributed by atoms with E-state index < -0.39 is 0 Å². The van der Waals surface area contributed by atoms with Crippen LogP contribution in [0.3, 0.4) is 0 Å².